The van der Waals surface area contributed by atoms with Crippen molar-refractivity contribution in [2.24, 2.45) is 0 Å². The zero-order valence-electron chi connectivity index (χ0n) is 6.06. The summed E-state index contributed by atoms with van der Waals surface area (Å²) in [6.07, 6.45) is 2.38. The summed E-state index contributed by atoms with van der Waals surface area (Å²) in [7, 11) is 0. The SMILES string of the molecule is C1COC2(CCSCC2)N1. The Labute approximate surface area is 65.7 Å². The third-order valence-electron chi connectivity index (χ3n) is 2.23. The molecule has 2 aliphatic heterocycles. The molecule has 0 bridgehead atoms. The number of rotatable bonds is 0. The maximum absolute atomic E-state index is 5.66. The van der Waals surface area contributed by atoms with Crippen molar-refractivity contribution in [3.05, 3.63) is 0 Å². The van der Waals surface area contributed by atoms with Crippen LogP contribution in [-0.4, -0.2) is 30.4 Å². The first-order valence-electron chi connectivity index (χ1n) is 3.88. The molecule has 0 amide bonds. The Hall–Kier alpha value is 0.270. The minimum absolute atomic E-state index is 0.102. The van der Waals surface area contributed by atoms with E-state index in [9.17, 15) is 0 Å². The molecule has 58 valence electrons. The van der Waals surface area contributed by atoms with Crippen LogP contribution in [0.15, 0.2) is 0 Å². The van der Waals surface area contributed by atoms with Crippen LogP contribution < -0.4 is 5.32 Å². The van der Waals surface area contributed by atoms with Gasteiger partial charge in [0.15, 0.2) is 0 Å². The summed E-state index contributed by atoms with van der Waals surface area (Å²) in [5.74, 6) is 2.51. The second kappa shape index (κ2) is 2.72. The second-order valence-electron chi connectivity index (χ2n) is 2.88. The first-order valence-corrected chi connectivity index (χ1v) is 5.04. The van der Waals surface area contributed by atoms with Crippen LogP contribution in [0.25, 0.3) is 0 Å². The Morgan fingerprint density at radius 2 is 2.10 bits per heavy atom. The Kier molecular flexibility index (Phi) is 1.89. The molecule has 1 N–H and O–H groups in total. The van der Waals surface area contributed by atoms with E-state index in [1.165, 1.54) is 24.3 Å². The van der Waals surface area contributed by atoms with Crippen molar-refractivity contribution in [3.8, 4) is 0 Å². The molecule has 2 rings (SSSR count). The van der Waals surface area contributed by atoms with Gasteiger partial charge in [-0.3, -0.25) is 5.32 Å². The lowest BCUT2D eigenvalue weighted by molar-refractivity contribution is -0.0163. The Morgan fingerprint density at radius 3 is 2.70 bits per heavy atom. The zero-order valence-corrected chi connectivity index (χ0v) is 6.88. The van der Waals surface area contributed by atoms with E-state index in [0.717, 1.165) is 13.2 Å². The van der Waals surface area contributed by atoms with E-state index in [1.54, 1.807) is 0 Å². The van der Waals surface area contributed by atoms with Crippen LogP contribution in [0.1, 0.15) is 12.8 Å². The Morgan fingerprint density at radius 1 is 1.30 bits per heavy atom. The van der Waals surface area contributed by atoms with Crippen LogP contribution in [0.4, 0.5) is 0 Å². The highest BCUT2D eigenvalue weighted by Gasteiger charge is 2.35. The van der Waals surface area contributed by atoms with E-state index < -0.39 is 0 Å². The molecule has 2 nitrogen and oxygen atoms in total. The van der Waals surface area contributed by atoms with E-state index in [2.05, 4.69) is 5.32 Å². The van der Waals surface area contributed by atoms with Crippen LogP contribution in [0.5, 0.6) is 0 Å². The predicted octanol–water partition coefficient (Wildman–Crippen LogP) is 0.829. The topological polar surface area (TPSA) is 21.3 Å². The van der Waals surface area contributed by atoms with Crippen molar-refractivity contribution in [1.82, 2.24) is 5.32 Å². The highest BCUT2D eigenvalue weighted by molar-refractivity contribution is 7.99. The Bertz CT molecular complexity index is 115. The molecule has 0 radical (unpaired) electrons. The van der Waals surface area contributed by atoms with Crippen LogP contribution in [0, 0.1) is 0 Å². The average Bonchev–Trinajstić information content (AvgIpc) is 2.39. The number of hydrogen-bond donors (Lipinski definition) is 1. The van der Waals surface area contributed by atoms with E-state index in [-0.39, 0.29) is 5.72 Å². The molecule has 2 heterocycles. The minimum atomic E-state index is 0.102. The largest absolute Gasteiger partial charge is 0.359 e. The molecular formula is C7H13NOS. The number of hydrogen-bond acceptors (Lipinski definition) is 3. The van der Waals surface area contributed by atoms with Gasteiger partial charge in [-0.1, -0.05) is 0 Å². The van der Waals surface area contributed by atoms with E-state index in [4.69, 9.17) is 4.74 Å². The van der Waals surface area contributed by atoms with E-state index in [0.29, 0.717) is 0 Å². The molecule has 0 unspecified atom stereocenters. The lowest BCUT2D eigenvalue weighted by Crippen LogP contribution is -2.44. The van der Waals surface area contributed by atoms with Gasteiger partial charge in [0, 0.05) is 6.54 Å². The van der Waals surface area contributed by atoms with Crippen molar-refractivity contribution < 1.29 is 4.74 Å². The van der Waals surface area contributed by atoms with Gasteiger partial charge in [0.25, 0.3) is 0 Å². The Balaban J connectivity index is 1.98. The monoisotopic (exact) mass is 159 g/mol. The summed E-state index contributed by atoms with van der Waals surface area (Å²) in [5.41, 5.74) is 0.102. The summed E-state index contributed by atoms with van der Waals surface area (Å²) in [5, 5.41) is 3.44. The van der Waals surface area contributed by atoms with Crippen molar-refractivity contribution in [3.63, 3.8) is 0 Å². The van der Waals surface area contributed by atoms with E-state index in [1.807, 2.05) is 11.8 Å². The maximum Gasteiger partial charge on any atom is 0.120 e. The molecule has 0 aromatic carbocycles. The lowest BCUT2D eigenvalue weighted by atomic mass is 10.1. The molecule has 2 saturated heterocycles. The third kappa shape index (κ3) is 1.18. The molecule has 0 atom stereocenters. The summed E-state index contributed by atoms with van der Waals surface area (Å²) in [6, 6.07) is 0. The first kappa shape index (κ1) is 6.95. The van der Waals surface area contributed by atoms with Crippen molar-refractivity contribution in [2.45, 2.75) is 18.6 Å². The predicted molar refractivity (Wildman–Crippen MR) is 43.2 cm³/mol. The van der Waals surface area contributed by atoms with Gasteiger partial charge in [-0.25, -0.2) is 0 Å². The molecule has 2 fully saturated rings. The average molecular weight is 159 g/mol. The van der Waals surface area contributed by atoms with Gasteiger partial charge in [-0.05, 0) is 24.3 Å². The van der Waals surface area contributed by atoms with Gasteiger partial charge in [0.05, 0.1) is 6.61 Å². The number of nitrogens with one attached hydrogen (secondary N) is 1. The lowest BCUT2D eigenvalue weighted by Gasteiger charge is -2.31. The molecule has 3 heteroatoms. The van der Waals surface area contributed by atoms with Crippen LogP contribution >= 0.6 is 11.8 Å². The van der Waals surface area contributed by atoms with Crippen LogP contribution in [0.3, 0.4) is 0 Å². The molecule has 2 aliphatic rings. The first-order chi connectivity index (χ1) is 4.91. The summed E-state index contributed by atoms with van der Waals surface area (Å²) in [6.45, 7) is 1.95. The fourth-order valence-electron chi connectivity index (χ4n) is 1.60. The molecule has 0 aromatic rings. The summed E-state index contributed by atoms with van der Waals surface area (Å²) < 4.78 is 5.66. The van der Waals surface area contributed by atoms with Gasteiger partial charge in [0.1, 0.15) is 5.72 Å². The number of ether oxygens (including phenoxy) is 1. The molecule has 10 heavy (non-hydrogen) atoms. The van der Waals surface area contributed by atoms with Gasteiger partial charge in [-0.2, -0.15) is 11.8 Å². The quantitative estimate of drug-likeness (QED) is 0.565. The fraction of sp³-hybridized carbons (Fsp3) is 1.00. The highest BCUT2D eigenvalue weighted by Crippen LogP contribution is 2.29. The van der Waals surface area contributed by atoms with Crippen molar-refractivity contribution in [1.29, 1.82) is 0 Å². The minimum Gasteiger partial charge on any atom is -0.359 e. The van der Waals surface area contributed by atoms with Gasteiger partial charge < -0.3 is 4.74 Å². The van der Waals surface area contributed by atoms with Gasteiger partial charge in [-0.15, -0.1) is 0 Å². The number of thioether (sulfide) groups is 1. The fourth-order valence-corrected chi connectivity index (χ4v) is 2.75. The van der Waals surface area contributed by atoms with Crippen molar-refractivity contribution in [2.75, 3.05) is 24.7 Å². The van der Waals surface area contributed by atoms with Crippen LogP contribution in [0.2, 0.25) is 0 Å². The van der Waals surface area contributed by atoms with E-state index >= 15 is 0 Å². The molecule has 1 spiro atoms. The second-order valence-corrected chi connectivity index (χ2v) is 4.11. The summed E-state index contributed by atoms with van der Waals surface area (Å²) in [4.78, 5) is 0. The zero-order chi connectivity index (χ0) is 6.86. The third-order valence-corrected chi connectivity index (χ3v) is 3.21. The highest BCUT2D eigenvalue weighted by atomic mass is 32.2. The molecule has 0 aromatic heterocycles. The van der Waals surface area contributed by atoms with Gasteiger partial charge >= 0.3 is 0 Å². The van der Waals surface area contributed by atoms with Gasteiger partial charge in [0.2, 0.25) is 0 Å². The maximum atomic E-state index is 5.66. The van der Waals surface area contributed by atoms with Crippen LogP contribution in [-0.2, 0) is 4.74 Å². The standard InChI is InChI=1S/C7H13NOS/c1-5-10-6-2-7(1)8-3-4-9-7/h8H,1-6H2. The molecular weight excluding hydrogens is 146 g/mol. The smallest absolute Gasteiger partial charge is 0.120 e. The molecule has 0 aliphatic carbocycles. The summed E-state index contributed by atoms with van der Waals surface area (Å²) >= 11 is 2.04. The molecule has 0 saturated carbocycles. The van der Waals surface area contributed by atoms with Crippen molar-refractivity contribution >= 4 is 11.8 Å². The normalized spacial score (nSPS) is 31.2.